The van der Waals surface area contributed by atoms with Gasteiger partial charge in [-0.25, -0.2) is 0 Å². The van der Waals surface area contributed by atoms with Crippen LogP contribution in [0.25, 0.3) is 0 Å². The molecule has 0 amide bonds. The van der Waals surface area contributed by atoms with Crippen LogP contribution in [0.4, 0.5) is 5.82 Å². The van der Waals surface area contributed by atoms with E-state index in [2.05, 4.69) is 18.8 Å². The van der Waals surface area contributed by atoms with Gasteiger partial charge in [0.25, 0.3) is 0 Å². The Bertz CT molecular complexity index is 606. The van der Waals surface area contributed by atoms with Crippen molar-refractivity contribution in [2.45, 2.75) is 47.3 Å². The average Bonchev–Trinajstić information content (AvgIpc) is 3.03. The van der Waals surface area contributed by atoms with Gasteiger partial charge in [-0.05, 0) is 0 Å². The number of aliphatic hydroxyl groups is 1. The number of ether oxygens (including phenoxy) is 1. The van der Waals surface area contributed by atoms with Crippen molar-refractivity contribution in [2.75, 3.05) is 12.3 Å². The molecule has 22 heavy (non-hydrogen) atoms. The molecule has 0 aliphatic carbocycles. The second kappa shape index (κ2) is 6.08. The normalized spacial score (nSPS) is 33.0. The summed E-state index contributed by atoms with van der Waals surface area (Å²) < 4.78 is 21.4. The Morgan fingerprint density at radius 1 is 1.36 bits per heavy atom. The van der Waals surface area contributed by atoms with Crippen molar-refractivity contribution in [1.82, 2.24) is 9.55 Å². The van der Waals surface area contributed by atoms with E-state index < -0.39 is 37.2 Å². The third kappa shape index (κ3) is 2.56. The minimum atomic E-state index is -3.10. The van der Waals surface area contributed by atoms with Crippen molar-refractivity contribution in [3.8, 4) is 0 Å². The van der Waals surface area contributed by atoms with E-state index in [4.69, 9.17) is 16.6 Å². The Morgan fingerprint density at radius 3 is 2.64 bits per heavy atom. The number of nitrogen functional groups attached to an aromatic ring is 1. The molecular weight excluding hydrogens is 397 g/mol. The van der Waals surface area contributed by atoms with Gasteiger partial charge in [0.1, 0.15) is 0 Å². The molecule has 0 spiro atoms. The summed E-state index contributed by atoms with van der Waals surface area (Å²) in [7, 11) is 0. The summed E-state index contributed by atoms with van der Waals surface area (Å²) in [6.07, 6.45) is -0.287. The van der Waals surface area contributed by atoms with Crippen LogP contribution in [-0.2, 0) is 10.9 Å². The topological polar surface area (TPSA) is 109 Å². The summed E-state index contributed by atoms with van der Waals surface area (Å²) in [5.41, 5.74) is 5.03. The van der Waals surface area contributed by atoms with Gasteiger partial charge in [0.2, 0.25) is 0 Å². The van der Waals surface area contributed by atoms with Crippen LogP contribution in [0.3, 0.4) is 0 Å². The number of hydrogen-bond donors (Lipinski definition) is 2. The molecular formula is C13H21N3O5Sn. The third-order valence-electron chi connectivity index (χ3n) is 4.37. The Labute approximate surface area is 133 Å². The first-order chi connectivity index (χ1) is 10.5. The van der Waals surface area contributed by atoms with Crippen molar-refractivity contribution in [2.24, 2.45) is 0 Å². The molecule has 1 aromatic heterocycles. The van der Waals surface area contributed by atoms with E-state index in [1.807, 2.05) is 0 Å². The van der Waals surface area contributed by atoms with E-state index >= 15 is 0 Å². The quantitative estimate of drug-likeness (QED) is 0.662. The summed E-state index contributed by atoms with van der Waals surface area (Å²) in [5.74, 6) is 0.161. The number of nitrogens with two attached hydrogens (primary N) is 1. The Balaban J connectivity index is 1.95. The Hall–Kier alpha value is -0.681. The van der Waals surface area contributed by atoms with Crippen LogP contribution >= 0.6 is 0 Å². The van der Waals surface area contributed by atoms with Gasteiger partial charge in [0.15, 0.2) is 0 Å². The Kier molecular flexibility index (Phi) is 4.47. The van der Waals surface area contributed by atoms with E-state index in [1.54, 1.807) is 6.20 Å². The standard InChI is InChI=1S/C9H11N3O5.2C2H5.Sn/c10-5-1-2-12(9(16)11-5)8-7(15)6(14)4(3-13)17-8;2*1-2;/h1-2,4,6-8,13H,3H2,(H2,10,11,16);2*1H2,2H3;/q-2;;;+2. The average molecular weight is 418 g/mol. The molecule has 1 aromatic rings. The van der Waals surface area contributed by atoms with Crippen LogP contribution in [0.2, 0.25) is 8.87 Å². The number of aromatic nitrogens is 2. The molecule has 3 N–H and O–H groups in total. The second-order valence-electron chi connectivity index (χ2n) is 5.57. The zero-order chi connectivity index (χ0) is 15.9. The minimum absolute atomic E-state index is 0.161. The van der Waals surface area contributed by atoms with Crippen LogP contribution in [0.5, 0.6) is 0 Å². The van der Waals surface area contributed by atoms with Gasteiger partial charge in [-0.2, -0.15) is 0 Å². The van der Waals surface area contributed by atoms with Gasteiger partial charge in [0.05, 0.1) is 0 Å². The molecule has 0 bridgehead atoms. The molecule has 0 radical (unpaired) electrons. The first-order valence-corrected chi connectivity index (χ1v) is 13.9. The summed E-state index contributed by atoms with van der Waals surface area (Å²) in [5, 5.41) is 9.55. The third-order valence-corrected chi connectivity index (χ3v) is 14.5. The van der Waals surface area contributed by atoms with E-state index in [9.17, 15) is 9.90 Å². The predicted octanol–water partition coefficient (Wildman–Crippen LogP) is -0.0188. The fourth-order valence-electron chi connectivity index (χ4n) is 3.07. The summed E-state index contributed by atoms with van der Waals surface area (Å²) >= 11 is -3.10. The molecule has 4 unspecified atom stereocenters. The molecule has 122 valence electrons. The zero-order valence-corrected chi connectivity index (χ0v) is 15.5. The monoisotopic (exact) mass is 419 g/mol. The molecule has 2 aliphatic rings. The molecule has 8 nitrogen and oxygen atoms in total. The van der Waals surface area contributed by atoms with Crippen LogP contribution in [0, 0.1) is 0 Å². The zero-order valence-electron chi connectivity index (χ0n) is 12.6. The van der Waals surface area contributed by atoms with Crippen molar-refractivity contribution in [3.05, 3.63) is 22.7 Å². The number of fused-ring (bicyclic) bond motifs is 1. The number of nitrogens with zero attached hydrogens (tertiary/aromatic N) is 2. The number of aliphatic hydroxyl groups excluding tert-OH is 1. The van der Waals surface area contributed by atoms with Crippen LogP contribution in [0.1, 0.15) is 20.1 Å². The molecule has 3 rings (SSSR count). The van der Waals surface area contributed by atoms with E-state index in [0.29, 0.717) is 0 Å². The van der Waals surface area contributed by atoms with Gasteiger partial charge in [-0.3, -0.25) is 0 Å². The number of hydrogen-bond acceptors (Lipinski definition) is 7. The molecule has 2 fully saturated rings. The molecule has 0 saturated carbocycles. The molecule has 9 heteroatoms. The van der Waals surface area contributed by atoms with Gasteiger partial charge < -0.3 is 0 Å². The van der Waals surface area contributed by atoms with E-state index in [-0.39, 0.29) is 24.6 Å². The molecule has 2 saturated heterocycles. The fraction of sp³-hybridized carbons (Fsp3) is 0.692. The second-order valence-corrected chi connectivity index (χ2v) is 16.2. The molecule has 2 aliphatic heterocycles. The first-order valence-electron chi connectivity index (χ1n) is 7.50. The van der Waals surface area contributed by atoms with Gasteiger partial charge in [0, 0.05) is 0 Å². The predicted molar refractivity (Wildman–Crippen MR) is 80.4 cm³/mol. The Morgan fingerprint density at radius 2 is 2.05 bits per heavy atom. The van der Waals surface area contributed by atoms with Crippen molar-refractivity contribution in [1.29, 1.82) is 0 Å². The van der Waals surface area contributed by atoms with E-state index in [0.717, 1.165) is 8.87 Å². The SMILES string of the molecule is C[CH2][Sn]1([CH2]C)[O]C2C(CO)OC(n3ccc(N)nc3=O)C2[O]1. The van der Waals surface area contributed by atoms with Gasteiger partial charge >= 0.3 is 133 Å². The number of rotatable bonds is 4. The summed E-state index contributed by atoms with van der Waals surface area (Å²) in [6, 6.07) is 1.54. The van der Waals surface area contributed by atoms with Crippen molar-refractivity contribution >= 4 is 25.0 Å². The number of anilines is 1. The van der Waals surface area contributed by atoms with Crippen molar-refractivity contribution in [3.63, 3.8) is 0 Å². The van der Waals surface area contributed by atoms with Crippen LogP contribution < -0.4 is 11.4 Å². The molecule has 0 aromatic carbocycles. The van der Waals surface area contributed by atoms with Gasteiger partial charge in [-0.15, -0.1) is 0 Å². The summed E-state index contributed by atoms with van der Waals surface area (Å²) in [4.78, 5) is 15.8. The molecule has 3 heterocycles. The van der Waals surface area contributed by atoms with E-state index in [1.165, 1.54) is 10.6 Å². The first kappa shape index (κ1) is 16.2. The van der Waals surface area contributed by atoms with Crippen LogP contribution in [-0.4, -0.2) is 58.8 Å². The van der Waals surface area contributed by atoms with Crippen molar-refractivity contribution < 1.29 is 16.0 Å². The summed E-state index contributed by atoms with van der Waals surface area (Å²) in [6.45, 7) is 3.97. The van der Waals surface area contributed by atoms with Crippen LogP contribution in [0.15, 0.2) is 17.1 Å². The fourth-order valence-corrected chi connectivity index (χ4v) is 10.9. The molecule has 4 atom stereocenters. The maximum atomic E-state index is 12.1. The maximum absolute atomic E-state index is 12.1. The van der Waals surface area contributed by atoms with Gasteiger partial charge in [-0.1, -0.05) is 0 Å².